The van der Waals surface area contributed by atoms with Crippen LogP contribution >= 0.6 is 0 Å². The van der Waals surface area contributed by atoms with E-state index in [4.69, 9.17) is 9.47 Å². The first-order valence-electron chi connectivity index (χ1n) is 5.84. The van der Waals surface area contributed by atoms with Crippen LogP contribution in [0.5, 0.6) is 0 Å². The van der Waals surface area contributed by atoms with E-state index < -0.39 is 0 Å². The Hall–Kier alpha value is -0.610. The van der Waals surface area contributed by atoms with Crippen LogP contribution in [0.1, 0.15) is 33.6 Å². The molecule has 0 saturated heterocycles. The maximum Gasteiger partial charge on any atom is 0.322 e. The molecule has 0 aliphatic heterocycles. The van der Waals surface area contributed by atoms with Gasteiger partial charge in [-0.1, -0.05) is 20.8 Å². The minimum absolute atomic E-state index is 0.0796. The summed E-state index contributed by atoms with van der Waals surface area (Å²) in [4.78, 5) is 11.5. The zero-order valence-corrected chi connectivity index (χ0v) is 10.9. The van der Waals surface area contributed by atoms with Gasteiger partial charge in [0.1, 0.15) is 6.04 Å². The zero-order chi connectivity index (χ0) is 12.3. The smallest absolute Gasteiger partial charge is 0.322 e. The molecule has 3 unspecified atom stereocenters. The van der Waals surface area contributed by atoms with Gasteiger partial charge in [0.15, 0.2) is 0 Å². The van der Waals surface area contributed by atoms with Gasteiger partial charge in [0.2, 0.25) is 0 Å². The molecule has 4 nitrogen and oxygen atoms in total. The number of nitrogens with one attached hydrogen (secondary N) is 1. The topological polar surface area (TPSA) is 47.6 Å². The van der Waals surface area contributed by atoms with Crippen LogP contribution in [0, 0.1) is 5.41 Å². The monoisotopic (exact) mass is 229 g/mol. The molecule has 1 saturated carbocycles. The molecular formula is C12H23NO3. The first-order valence-corrected chi connectivity index (χ1v) is 5.84. The van der Waals surface area contributed by atoms with E-state index in [2.05, 4.69) is 19.2 Å². The van der Waals surface area contributed by atoms with Gasteiger partial charge in [-0.25, -0.2) is 0 Å². The van der Waals surface area contributed by atoms with E-state index in [1.54, 1.807) is 7.11 Å². The van der Waals surface area contributed by atoms with Gasteiger partial charge in [0, 0.05) is 18.6 Å². The summed E-state index contributed by atoms with van der Waals surface area (Å²) in [5.41, 5.74) is 0.0796. The van der Waals surface area contributed by atoms with Crippen LogP contribution in [-0.2, 0) is 14.3 Å². The Labute approximate surface area is 97.7 Å². The Kier molecular flexibility index (Phi) is 4.33. The van der Waals surface area contributed by atoms with Crippen LogP contribution in [0.25, 0.3) is 0 Å². The molecule has 16 heavy (non-hydrogen) atoms. The van der Waals surface area contributed by atoms with E-state index in [9.17, 15) is 4.79 Å². The van der Waals surface area contributed by atoms with Crippen molar-refractivity contribution in [2.45, 2.75) is 51.8 Å². The second-order valence-corrected chi connectivity index (χ2v) is 4.98. The molecule has 0 aromatic heterocycles. The molecule has 94 valence electrons. The van der Waals surface area contributed by atoms with Gasteiger partial charge in [-0.3, -0.25) is 4.79 Å². The molecule has 1 fully saturated rings. The van der Waals surface area contributed by atoms with E-state index in [0.29, 0.717) is 6.04 Å². The fraction of sp³-hybridized carbons (Fsp3) is 0.917. The minimum atomic E-state index is -0.202. The lowest BCUT2D eigenvalue weighted by atomic mass is 9.64. The number of rotatable bonds is 5. The predicted octanol–water partition coefficient (Wildman–Crippen LogP) is 1.34. The van der Waals surface area contributed by atoms with Crippen molar-refractivity contribution in [3.63, 3.8) is 0 Å². The Morgan fingerprint density at radius 1 is 1.50 bits per heavy atom. The van der Waals surface area contributed by atoms with Gasteiger partial charge >= 0.3 is 5.97 Å². The molecule has 1 aliphatic rings. The summed E-state index contributed by atoms with van der Waals surface area (Å²) in [6, 6.07) is 0.119. The van der Waals surface area contributed by atoms with Crippen molar-refractivity contribution in [3.05, 3.63) is 0 Å². The molecule has 1 N–H and O–H groups in total. The Morgan fingerprint density at radius 2 is 2.12 bits per heavy atom. The maximum atomic E-state index is 11.5. The molecule has 3 atom stereocenters. The molecular weight excluding hydrogens is 206 g/mol. The number of ether oxygens (including phenoxy) is 2. The molecule has 0 bridgehead atoms. The molecule has 1 aliphatic carbocycles. The summed E-state index contributed by atoms with van der Waals surface area (Å²) in [5, 5.41) is 3.35. The standard InChI is InChI=1S/C12H23NO3/c1-6-8(11(14)16-5)13-9-7-10(15-4)12(9,2)3/h8-10,13H,6-7H2,1-5H3. The summed E-state index contributed by atoms with van der Waals surface area (Å²) in [6.45, 7) is 6.30. The van der Waals surface area contributed by atoms with Gasteiger partial charge in [-0.05, 0) is 12.8 Å². The summed E-state index contributed by atoms with van der Waals surface area (Å²) in [7, 11) is 3.16. The normalized spacial score (nSPS) is 29.3. The second kappa shape index (κ2) is 5.15. The third kappa shape index (κ3) is 2.38. The van der Waals surface area contributed by atoms with E-state index in [1.165, 1.54) is 7.11 Å². The highest BCUT2D eigenvalue weighted by molar-refractivity contribution is 5.75. The van der Waals surface area contributed by atoms with Crippen molar-refractivity contribution in [1.82, 2.24) is 5.32 Å². The maximum absolute atomic E-state index is 11.5. The second-order valence-electron chi connectivity index (χ2n) is 4.98. The Balaban J connectivity index is 2.52. The van der Waals surface area contributed by atoms with Crippen LogP contribution in [0.3, 0.4) is 0 Å². The Morgan fingerprint density at radius 3 is 2.50 bits per heavy atom. The third-order valence-electron chi connectivity index (χ3n) is 3.76. The average molecular weight is 229 g/mol. The lowest BCUT2D eigenvalue weighted by molar-refractivity contribution is -0.146. The number of esters is 1. The van der Waals surface area contributed by atoms with Crippen molar-refractivity contribution >= 4 is 5.97 Å². The van der Waals surface area contributed by atoms with Gasteiger partial charge in [-0.2, -0.15) is 0 Å². The Bertz CT molecular complexity index is 253. The van der Waals surface area contributed by atoms with Crippen LogP contribution in [0.2, 0.25) is 0 Å². The quantitative estimate of drug-likeness (QED) is 0.723. The lowest BCUT2D eigenvalue weighted by Crippen LogP contribution is -2.63. The summed E-state index contributed by atoms with van der Waals surface area (Å²) >= 11 is 0. The highest BCUT2D eigenvalue weighted by atomic mass is 16.5. The average Bonchev–Trinajstić information content (AvgIpc) is 2.27. The molecule has 0 radical (unpaired) electrons. The van der Waals surface area contributed by atoms with Crippen molar-refractivity contribution in [2.75, 3.05) is 14.2 Å². The van der Waals surface area contributed by atoms with Crippen molar-refractivity contribution in [3.8, 4) is 0 Å². The summed E-state index contributed by atoms with van der Waals surface area (Å²) in [5.74, 6) is -0.181. The van der Waals surface area contributed by atoms with E-state index in [-0.39, 0.29) is 23.5 Å². The van der Waals surface area contributed by atoms with Crippen LogP contribution in [-0.4, -0.2) is 38.4 Å². The number of methoxy groups -OCH3 is 2. The van der Waals surface area contributed by atoms with Gasteiger partial charge < -0.3 is 14.8 Å². The highest BCUT2D eigenvalue weighted by Crippen LogP contribution is 2.42. The van der Waals surface area contributed by atoms with Crippen LogP contribution in [0.15, 0.2) is 0 Å². The first-order chi connectivity index (χ1) is 7.47. The predicted molar refractivity (Wildman–Crippen MR) is 62.2 cm³/mol. The molecule has 4 heteroatoms. The number of carbonyl (C=O) groups is 1. The SMILES string of the molecule is CCC(NC1CC(OC)C1(C)C)C(=O)OC. The molecule has 0 spiro atoms. The van der Waals surface area contributed by atoms with Crippen molar-refractivity contribution in [1.29, 1.82) is 0 Å². The van der Waals surface area contributed by atoms with E-state index in [0.717, 1.165) is 12.8 Å². The third-order valence-corrected chi connectivity index (χ3v) is 3.76. The largest absolute Gasteiger partial charge is 0.468 e. The van der Waals surface area contributed by atoms with Gasteiger partial charge in [0.25, 0.3) is 0 Å². The summed E-state index contributed by atoms with van der Waals surface area (Å²) < 4.78 is 10.1. The zero-order valence-electron chi connectivity index (χ0n) is 10.9. The summed E-state index contributed by atoms with van der Waals surface area (Å²) in [6.07, 6.45) is 1.98. The van der Waals surface area contributed by atoms with E-state index >= 15 is 0 Å². The molecule has 0 aromatic rings. The first kappa shape index (κ1) is 13.5. The molecule has 1 rings (SSSR count). The molecule has 0 aromatic carbocycles. The van der Waals surface area contributed by atoms with Gasteiger partial charge in [-0.15, -0.1) is 0 Å². The van der Waals surface area contributed by atoms with Gasteiger partial charge in [0.05, 0.1) is 13.2 Å². The van der Waals surface area contributed by atoms with Crippen LogP contribution in [0.4, 0.5) is 0 Å². The van der Waals surface area contributed by atoms with Crippen molar-refractivity contribution < 1.29 is 14.3 Å². The molecule has 0 amide bonds. The lowest BCUT2D eigenvalue weighted by Gasteiger charge is -2.52. The fourth-order valence-corrected chi connectivity index (χ4v) is 2.31. The van der Waals surface area contributed by atoms with Crippen LogP contribution < -0.4 is 5.32 Å². The number of carbonyl (C=O) groups excluding carboxylic acids is 1. The van der Waals surface area contributed by atoms with E-state index in [1.807, 2.05) is 6.92 Å². The molecule has 0 heterocycles. The minimum Gasteiger partial charge on any atom is -0.468 e. The van der Waals surface area contributed by atoms with Crippen molar-refractivity contribution in [2.24, 2.45) is 5.41 Å². The number of hydrogen-bond donors (Lipinski definition) is 1. The number of hydrogen-bond acceptors (Lipinski definition) is 4. The highest BCUT2D eigenvalue weighted by Gasteiger charge is 2.49. The fourth-order valence-electron chi connectivity index (χ4n) is 2.31.